The predicted octanol–water partition coefficient (Wildman–Crippen LogP) is 2.73. The minimum Gasteiger partial charge on any atom is -0.341 e. The minimum absolute atomic E-state index is 0.0263. The van der Waals surface area contributed by atoms with Crippen LogP contribution in [0.1, 0.15) is 23.7 Å². The lowest BCUT2D eigenvalue weighted by Crippen LogP contribution is -2.28. The monoisotopic (exact) mass is 256 g/mol. The zero-order valence-corrected chi connectivity index (χ0v) is 10.4. The summed E-state index contributed by atoms with van der Waals surface area (Å²) in [6.45, 7) is 2.47. The van der Waals surface area contributed by atoms with Gasteiger partial charge in [0.1, 0.15) is 5.56 Å². The summed E-state index contributed by atoms with van der Waals surface area (Å²) in [6, 6.07) is 3.97. The molecule has 17 heavy (non-hydrogen) atoms. The number of nitro benzene ring substituents is 1. The van der Waals surface area contributed by atoms with E-state index in [1.54, 1.807) is 7.05 Å². The third-order valence-electron chi connectivity index (χ3n) is 2.29. The van der Waals surface area contributed by atoms with Gasteiger partial charge in [0, 0.05) is 24.7 Å². The Labute approximate surface area is 104 Å². The van der Waals surface area contributed by atoms with E-state index < -0.39 is 4.92 Å². The van der Waals surface area contributed by atoms with Gasteiger partial charge in [0.25, 0.3) is 11.6 Å². The van der Waals surface area contributed by atoms with Gasteiger partial charge in [-0.1, -0.05) is 18.5 Å². The quantitative estimate of drug-likeness (QED) is 0.615. The maximum absolute atomic E-state index is 12.0. The molecule has 0 aromatic heterocycles. The molecule has 0 radical (unpaired) electrons. The maximum Gasteiger partial charge on any atom is 0.282 e. The van der Waals surface area contributed by atoms with Crippen molar-refractivity contribution in [1.82, 2.24) is 4.90 Å². The van der Waals surface area contributed by atoms with E-state index in [1.807, 2.05) is 6.92 Å². The van der Waals surface area contributed by atoms with Crippen LogP contribution in [0.2, 0.25) is 5.02 Å². The van der Waals surface area contributed by atoms with Gasteiger partial charge in [0.15, 0.2) is 0 Å². The molecular formula is C11H13ClN2O3. The van der Waals surface area contributed by atoms with Crippen molar-refractivity contribution in [2.24, 2.45) is 0 Å². The van der Waals surface area contributed by atoms with E-state index >= 15 is 0 Å². The van der Waals surface area contributed by atoms with Crippen molar-refractivity contribution in [1.29, 1.82) is 0 Å². The third-order valence-corrected chi connectivity index (χ3v) is 2.53. The van der Waals surface area contributed by atoms with Crippen LogP contribution in [-0.2, 0) is 0 Å². The number of nitrogens with zero attached hydrogens (tertiary/aromatic N) is 2. The van der Waals surface area contributed by atoms with Gasteiger partial charge in [0.2, 0.25) is 0 Å². The van der Waals surface area contributed by atoms with Crippen LogP contribution in [0.4, 0.5) is 5.69 Å². The van der Waals surface area contributed by atoms with Crippen molar-refractivity contribution in [2.45, 2.75) is 13.3 Å². The summed E-state index contributed by atoms with van der Waals surface area (Å²) < 4.78 is 0. The van der Waals surface area contributed by atoms with E-state index in [9.17, 15) is 14.9 Å². The Morgan fingerprint density at radius 2 is 2.18 bits per heavy atom. The Morgan fingerprint density at radius 3 is 2.71 bits per heavy atom. The molecule has 0 saturated carbocycles. The fourth-order valence-corrected chi connectivity index (χ4v) is 1.65. The average molecular weight is 257 g/mol. The molecule has 0 unspecified atom stereocenters. The predicted molar refractivity (Wildman–Crippen MR) is 65.4 cm³/mol. The number of benzene rings is 1. The molecule has 6 heteroatoms. The Balaban J connectivity index is 3.15. The first-order valence-corrected chi connectivity index (χ1v) is 5.54. The summed E-state index contributed by atoms with van der Waals surface area (Å²) >= 11 is 5.75. The van der Waals surface area contributed by atoms with Crippen LogP contribution in [0, 0.1) is 10.1 Å². The molecule has 1 aromatic rings. The fraction of sp³-hybridized carbons (Fsp3) is 0.364. The summed E-state index contributed by atoms with van der Waals surface area (Å²) in [5.74, 6) is -0.388. The van der Waals surface area contributed by atoms with E-state index in [2.05, 4.69) is 0 Å². The van der Waals surface area contributed by atoms with Gasteiger partial charge in [-0.25, -0.2) is 0 Å². The molecule has 0 atom stereocenters. The molecular weight excluding hydrogens is 244 g/mol. The van der Waals surface area contributed by atoms with Crippen molar-refractivity contribution in [3.63, 3.8) is 0 Å². The zero-order chi connectivity index (χ0) is 13.0. The number of hydrogen-bond acceptors (Lipinski definition) is 3. The summed E-state index contributed by atoms with van der Waals surface area (Å²) in [7, 11) is 1.61. The van der Waals surface area contributed by atoms with E-state index in [-0.39, 0.29) is 17.2 Å². The number of carbonyl (C=O) groups excluding carboxylic acids is 1. The average Bonchev–Trinajstić information content (AvgIpc) is 2.27. The van der Waals surface area contributed by atoms with Gasteiger partial charge in [0.05, 0.1) is 4.92 Å². The van der Waals surface area contributed by atoms with Crippen LogP contribution in [0.3, 0.4) is 0 Å². The molecule has 1 amide bonds. The molecule has 0 spiro atoms. The zero-order valence-electron chi connectivity index (χ0n) is 9.64. The van der Waals surface area contributed by atoms with Gasteiger partial charge >= 0.3 is 0 Å². The molecule has 0 aliphatic rings. The molecule has 92 valence electrons. The normalized spacial score (nSPS) is 10.1. The van der Waals surface area contributed by atoms with Crippen molar-refractivity contribution in [3.05, 3.63) is 38.9 Å². The second kappa shape index (κ2) is 5.63. The molecule has 0 fully saturated rings. The minimum atomic E-state index is -0.580. The number of nitro groups is 1. The van der Waals surface area contributed by atoms with Gasteiger partial charge in [-0.2, -0.15) is 0 Å². The van der Waals surface area contributed by atoms with E-state index in [1.165, 1.54) is 23.1 Å². The molecule has 0 bridgehead atoms. The highest BCUT2D eigenvalue weighted by atomic mass is 35.5. The molecule has 0 heterocycles. The van der Waals surface area contributed by atoms with Gasteiger partial charge in [-0.3, -0.25) is 14.9 Å². The van der Waals surface area contributed by atoms with Crippen molar-refractivity contribution in [2.75, 3.05) is 13.6 Å². The van der Waals surface area contributed by atoms with Gasteiger partial charge in [-0.05, 0) is 18.6 Å². The summed E-state index contributed by atoms with van der Waals surface area (Å²) in [5, 5.41) is 11.1. The Kier molecular flexibility index (Phi) is 4.45. The topological polar surface area (TPSA) is 63.5 Å². The molecule has 5 nitrogen and oxygen atoms in total. The number of halogens is 1. The van der Waals surface area contributed by atoms with Crippen molar-refractivity contribution in [3.8, 4) is 0 Å². The standard InChI is InChI=1S/C11H13ClN2O3/c1-3-6-13(2)11(15)9-7-8(12)4-5-10(9)14(16)17/h4-5,7H,3,6H2,1-2H3. The van der Waals surface area contributed by atoms with Gasteiger partial charge in [-0.15, -0.1) is 0 Å². The van der Waals surface area contributed by atoms with Crippen molar-refractivity contribution >= 4 is 23.2 Å². The van der Waals surface area contributed by atoms with Crippen LogP contribution in [0.25, 0.3) is 0 Å². The van der Waals surface area contributed by atoms with Crippen LogP contribution in [0.15, 0.2) is 18.2 Å². The molecule has 0 aliphatic heterocycles. The Hall–Kier alpha value is -1.62. The van der Waals surface area contributed by atoms with Crippen molar-refractivity contribution < 1.29 is 9.72 Å². The van der Waals surface area contributed by atoms with Crippen LogP contribution >= 0.6 is 11.6 Å². The van der Waals surface area contributed by atoms with E-state index in [0.717, 1.165) is 6.42 Å². The summed E-state index contributed by atoms with van der Waals surface area (Å²) in [5.41, 5.74) is -0.194. The Bertz CT molecular complexity index is 448. The first-order valence-electron chi connectivity index (χ1n) is 5.16. The second-order valence-electron chi connectivity index (χ2n) is 3.65. The number of amides is 1. The summed E-state index contributed by atoms with van der Waals surface area (Å²) in [6.07, 6.45) is 0.788. The van der Waals surface area contributed by atoms with Crippen LogP contribution in [0.5, 0.6) is 0 Å². The first kappa shape index (κ1) is 13.4. The van der Waals surface area contributed by atoms with Crippen LogP contribution < -0.4 is 0 Å². The molecule has 1 rings (SSSR count). The number of hydrogen-bond donors (Lipinski definition) is 0. The lowest BCUT2D eigenvalue weighted by molar-refractivity contribution is -0.385. The highest BCUT2D eigenvalue weighted by Gasteiger charge is 2.22. The van der Waals surface area contributed by atoms with E-state index in [0.29, 0.717) is 11.6 Å². The highest BCUT2D eigenvalue weighted by molar-refractivity contribution is 6.31. The SMILES string of the molecule is CCCN(C)C(=O)c1cc(Cl)ccc1[N+](=O)[O-]. The molecule has 0 saturated heterocycles. The number of carbonyl (C=O) groups is 1. The maximum atomic E-state index is 12.0. The fourth-order valence-electron chi connectivity index (χ4n) is 1.48. The molecule has 0 N–H and O–H groups in total. The smallest absolute Gasteiger partial charge is 0.282 e. The Morgan fingerprint density at radius 1 is 1.53 bits per heavy atom. The molecule has 1 aromatic carbocycles. The largest absolute Gasteiger partial charge is 0.341 e. The molecule has 0 aliphatic carbocycles. The highest BCUT2D eigenvalue weighted by Crippen LogP contribution is 2.23. The lowest BCUT2D eigenvalue weighted by atomic mass is 10.1. The van der Waals surface area contributed by atoms with Crippen LogP contribution in [-0.4, -0.2) is 29.3 Å². The van der Waals surface area contributed by atoms with E-state index in [4.69, 9.17) is 11.6 Å². The van der Waals surface area contributed by atoms with Gasteiger partial charge < -0.3 is 4.90 Å². The summed E-state index contributed by atoms with van der Waals surface area (Å²) in [4.78, 5) is 23.6. The third kappa shape index (κ3) is 3.17. The number of rotatable bonds is 4. The lowest BCUT2D eigenvalue weighted by Gasteiger charge is -2.16. The first-order chi connectivity index (χ1) is 7.97. The second-order valence-corrected chi connectivity index (χ2v) is 4.08.